The van der Waals surface area contributed by atoms with Crippen molar-refractivity contribution < 1.29 is 27.5 Å². The number of imide groups is 1. The van der Waals surface area contributed by atoms with Gasteiger partial charge in [-0.05, 0) is 25.0 Å². The van der Waals surface area contributed by atoms with Gasteiger partial charge in [0, 0.05) is 6.04 Å². The molecule has 10 heteroatoms. The molecule has 0 unspecified atom stereocenters. The van der Waals surface area contributed by atoms with Crippen molar-refractivity contribution in [2.24, 2.45) is 0 Å². The number of rotatable bonds is 6. The summed E-state index contributed by atoms with van der Waals surface area (Å²) in [6, 6.07) is 5.26. The molecule has 9 nitrogen and oxygen atoms in total. The van der Waals surface area contributed by atoms with E-state index in [1.807, 2.05) is 0 Å². The van der Waals surface area contributed by atoms with Crippen LogP contribution in [0.25, 0.3) is 0 Å². The average molecular weight is 383 g/mol. The molecule has 0 spiro atoms. The number of nitrogens with one attached hydrogen (secondary N) is 3. The molecule has 0 radical (unpaired) electrons. The van der Waals surface area contributed by atoms with E-state index in [0.717, 1.165) is 31.9 Å². The van der Waals surface area contributed by atoms with Gasteiger partial charge >= 0.3 is 12.0 Å². The maximum absolute atomic E-state index is 12.1. The second kappa shape index (κ2) is 8.65. The smallest absolute Gasteiger partial charge is 0.340 e. The van der Waals surface area contributed by atoms with E-state index in [4.69, 9.17) is 4.74 Å². The molecule has 0 bridgehead atoms. The second-order valence-corrected chi connectivity index (χ2v) is 7.75. The van der Waals surface area contributed by atoms with Crippen molar-refractivity contribution >= 4 is 33.6 Å². The first-order valence-electron chi connectivity index (χ1n) is 8.09. The zero-order valence-corrected chi connectivity index (χ0v) is 15.1. The molecule has 1 fully saturated rings. The fourth-order valence-electron chi connectivity index (χ4n) is 2.61. The largest absolute Gasteiger partial charge is 0.452 e. The first-order valence-corrected chi connectivity index (χ1v) is 9.98. The van der Waals surface area contributed by atoms with Gasteiger partial charge in [-0.25, -0.2) is 18.0 Å². The summed E-state index contributed by atoms with van der Waals surface area (Å²) in [5.41, 5.74) is 0.000478. The van der Waals surface area contributed by atoms with Gasteiger partial charge in [0.25, 0.3) is 5.91 Å². The molecule has 1 aliphatic carbocycles. The Morgan fingerprint density at radius 3 is 2.46 bits per heavy atom. The zero-order chi connectivity index (χ0) is 19.2. The summed E-state index contributed by atoms with van der Waals surface area (Å²) in [5.74, 6) is -1.66. The molecule has 3 N–H and O–H groups in total. The van der Waals surface area contributed by atoms with Crippen molar-refractivity contribution in [3.8, 4) is 0 Å². The average Bonchev–Trinajstić information content (AvgIpc) is 3.04. The van der Waals surface area contributed by atoms with Crippen molar-refractivity contribution in [3.05, 3.63) is 29.8 Å². The monoisotopic (exact) mass is 383 g/mol. The molecule has 1 aliphatic rings. The van der Waals surface area contributed by atoms with Gasteiger partial charge in [0.1, 0.15) is 0 Å². The number of hydrogen-bond donors (Lipinski definition) is 3. The van der Waals surface area contributed by atoms with E-state index >= 15 is 0 Å². The molecule has 1 aromatic rings. The van der Waals surface area contributed by atoms with Crippen LogP contribution in [0.1, 0.15) is 36.0 Å². The molecular weight excluding hydrogens is 362 g/mol. The minimum Gasteiger partial charge on any atom is -0.452 e. The quantitative estimate of drug-likeness (QED) is 0.628. The zero-order valence-electron chi connectivity index (χ0n) is 14.3. The van der Waals surface area contributed by atoms with Gasteiger partial charge < -0.3 is 10.1 Å². The fourth-order valence-corrected chi connectivity index (χ4v) is 3.19. The van der Waals surface area contributed by atoms with E-state index < -0.39 is 34.5 Å². The number of carbonyl (C=O) groups is 3. The third-order valence-electron chi connectivity index (χ3n) is 3.72. The van der Waals surface area contributed by atoms with Crippen molar-refractivity contribution in [2.75, 3.05) is 17.6 Å². The first kappa shape index (κ1) is 19.7. The van der Waals surface area contributed by atoms with Crippen LogP contribution in [0.4, 0.5) is 10.5 Å². The van der Waals surface area contributed by atoms with Gasteiger partial charge in [-0.2, -0.15) is 0 Å². The lowest BCUT2D eigenvalue weighted by atomic mass is 10.2. The molecule has 0 aromatic heterocycles. The highest BCUT2D eigenvalue weighted by Gasteiger charge is 2.20. The Bertz CT molecular complexity index is 787. The fraction of sp³-hybridized carbons (Fsp3) is 0.438. The van der Waals surface area contributed by atoms with Crippen molar-refractivity contribution in [2.45, 2.75) is 31.7 Å². The third kappa shape index (κ3) is 6.36. The number of urea groups is 1. The Labute approximate surface area is 151 Å². The Morgan fingerprint density at radius 1 is 1.15 bits per heavy atom. The number of esters is 1. The lowest BCUT2D eigenvalue weighted by molar-refractivity contribution is -0.123. The van der Waals surface area contributed by atoms with Gasteiger partial charge in [-0.3, -0.25) is 14.8 Å². The molecule has 3 amide bonds. The number of para-hydroxylation sites is 1. The molecule has 2 rings (SSSR count). The SMILES string of the molecule is CS(=O)(=O)Nc1ccccc1C(=O)OCC(=O)NC(=O)NC1CCCC1. The summed E-state index contributed by atoms with van der Waals surface area (Å²) in [6.07, 6.45) is 4.78. The summed E-state index contributed by atoms with van der Waals surface area (Å²) >= 11 is 0. The minimum atomic E-state index is -3.58. The second-order valence-electron chi connectivity index (χ2n) is 6.00. The van der Waals surface area contributed by atoms with Crippen LogP contribution in [0.5, 0.6) is 0 Å². The van der Waals surface area contributed by atoms with Gasteiger partial charge in [-0.15, -0.1) is 0 Å². The van der Waals surface area contributed by atoms with E-state index in [1.54, 1.807) is 6.07 Å². The molecule has 0 saturated heterocycles. The lowest BCUT2D eigenvalue weighted by Crippen LogP contribution is -2.45. The molecule has 142 valence electrons. The number of carbonyl (C=O) groups excluding carboxylic acids is 3. The topological polar surface area (TPSA) is 131 Å². The number of hydrogen-bond acceptors (Lipinski definition) is 6. The van der Waals surface area contributed by atoms with E-state index in [2.05, 4.69) is 15.4 Å². The molecule has 0 aliphatic heterocycles. The van der Waals surface area contributed by atoms with Gasteiger partial charge in [0.05, 0.1) is 17.5 Å². The maximum Gasteiger partial charge on any atom is 0.340 e. The van der Waals surface area contributed by atoms with Crippen LogP contribution < -0.4 is 15.4 Å². The van der Waals surface area contributed by atoms with E-state index in [0.29, 0.717) is 0 Å². The summed E-state index contributed by atoms with van der Waals surface area (Å²) in [5, 5.41) is 4.76. The Morgan fingerprint density at radius 2 is 1.81 bits per heavy atom. The highest BCUT2D eigenvalue weighted by Crippen LogP contribution is 2.18. The van der Waals surface area contributed by atoms with Crippen molar-refractivity contribution in [3.63, 3.8) is 0 Å². The molecule has 1 saturated carbocycles. The van der Waals surface area contributed by atoms with Gasteiger partial charge in [-0.1, -0.05) is 25.0 Å². The highest BCUT2D eigenvalue weighted by atomic mass is 32.2. The number of anilines is 1. The molecule has 0 heterocycles. The van der Waals surface area contributed by atoms with E-state index in [9.17, 15) is 22.8 Å². The van der Waals surface area contributed by atoms with Crippen molar-refractivity contribution in [1.82, 2.24) is 10.6 Å². The Kier molecular flexibility index (Phi) is 6.56. The first-order chi connectivity index (χ1) is 12.2. The number of sulfonamides is 1. The van der Waals surface area contributed by atoms with Crippen molar-refractivity contribution in [1.29, 1.82) is 0 Å². The minimum absolute atomic E-state index is 0.0406. The number of amides is 3. The van der Waals surface area contributed by atoms with Gasteiger partial charge in [0.2, 0.25) is 10.0 Å². The normalized spacial score (nSPS) is 14.5. The molecular formula is C16H21N3O6S. The summed E-state index contributed by atoms with van der Waals surface area (Å²) in [7, 11) is -3.58. The van der Waals surface area contributed by atoms with Crippen LogP contribution in [-0.2, 0) is 19.6 Å². The summed E-state index contributed by atoms with van der Waals surface area (Å²) in [6.45, 7) is -0.663. The van der Waals surface area contributed by atoms with Crippen LogP contribution in [-0.4, -0.2) is 45.2 Å². The highest BCUT2D eigenvalue weighted by molar-refractivity contribution is 7.92. The summed E-state index contributed by atoms with van der Waals surface area (Å²) in [4.78, 5) is 35.5. The molecule has 1 aromatic carbocycles. The van der Waals surface area contributed by atoms with Crippen LogP contribution >= 0.6 is 0 Å². The van der Waals surface area contributed by atoms with Crippen LogP contribution in [0.15, 0.2) is 24.3 Å². The lowest BCUT2D eigenvalue weighted by Gasteiger charge is -2.13. The molecule has 26 heavy (non-hydrogen) atoms. The van der Waals surface area contributed by atoms with Crippen LogP contribution in [0.2, 0.25) is 0 Å². The third-order valence-corrected chi connectivity index (χ3v) is 4.31. The van der Waals surface area contributed by atoms with Crippen LogP contribution in [0, 0.1) is 0 Å². The summed E-state index contributed by atoms with van der Waals surface area (Å²) < 4.78 is 29.7. The van der Waals surface area contributed by atoms with Gasteiger partial charge in [0.15, 0.2) is 6.61 Å². The number of ether oxygens (including phenoxy) is 1. The van der Waals surface area contributed by atoms with Crippen LogP contribution in [0.3, 0.4) is 0 Å². The standard InChI is InChI=1S/C16H21N3O6S/c1-26(23,24)19-13-9-5-4-8-12(13)15(21)25-10-14(20)18-16(22)17-11-6-2-3-7-11/h4-5,8-9,11,19H,2-3,6-7,10H2,1H3,(H2,17,18,20,22). The van der Waals surface area contributed by atoms with E-state index in [-0.39, 0.29) is 17.3 Å². The molecule has 0 atom stereocenters. The predicted molar refractivity (Wildman–Crippen MR) is 94.1 cm³/mol. The Hall–Kier alpha value is -2.62. The van der Waals surface area contributed by atoms with E-state index in [1.165, 1.54) is 18.2 Å². The Balaban J connectivity index is 1.86. The number of benzene rings is 1. The maximum atomic E-state index is 12.1. The predicted octanol–water partition coefficient (Wildman–Crippen LogP) is 0.983.